The van der Waals surface area contributed by atoms with Gasteiger partial charge in [-0.2, -0.15) is 0 Å². The van der Waals surface area contributed by atoms with E-state index in [1.807, 2.05) is 0 Å². The molecule has 0 atom stereocenters. The van der Waals surface area contributed by atoms with Crippen LogP contribution in [-0.2, 0) is 28.6 Å². The number of hydrogen-bond acceptors (Lipinski definition) is 6. The molecule has 1 aliphatic rings. The van der Waals surface area contributed by atoms with E-state index in [1.54, 1.807) is 4.90 Å². The third-order valence-corrected chi connectivity index (χ3v) is 2.48. The summed E-state index contributed by atoms with van der Waals surface area (Å²) >= 11 is 0. The van der Waals surface area contributed by atoms with Crippen LogP contribution in [0, 0.1) is 0 Å². The summed E-state index contributed by atoms with van der Waals surface area (Å²) < 4.78 is 14.3. The zero-order valence-electron chi connectivity index (χ0n) is 10.3. The van der Waals surface area contributed by atoms with Gasteiger partial charge in [0.2, 0.25) is 0 Å². The van der Waals surface area contributed by atoms with Crippen molar-refractivity contribution in [1.82, 2.24) is 4.90 Å². The molecule has 1 aliphatic heterocycles. The molecule has 0 aliphatic carbocycles. The summed E-state index contributed by atoms with van der Waals surface area (Å²) in [5.41, 5.74) is 0. The second kappa shape index (κ2) is 7.65. The highest BCUT2D eigenvalue weighted by Crippen LogP contribution is 2.00. The Hall–Kier alpha value is -1.63. The maximum absolute atomic E-state index is 11.6. The van der Waals surface area contributed by atoms with Crippen LogP contribution in [-0.4, -0.2) is 62.8 Å². The first-order valence-corrected chi connectivity index (χ1v) is 5.71. The largest absolute Gasteiger partial charge is 0.469 e. The quantitative estimate of drug-likeness (QED) is 0.610. The molecule has 1 rings (SSSR count). The van der Waals surface area contributed by atoms with Crippen molar-refractivity contribution in [2.75, 3.05) is 40.0 Å². The molecule has 1 amide bonds. The minimum absolute atomic E-state index is 0.0406. The first kappa shape index (κ1) is 14.4. The SMILES string of the molecule is COC(=O)CCC(=O)OCC(=O)N1CCOCC1. The average Bonchev–Trinajstić information content (AvgIpc) is 2.42. The van der Waals surface area contributed by atoms with Gasteiger partial charge in [0, 0.05) is 13.1 Å². The molecule has 0 aromatic rings. The number of amides is 1. The van der Waals surface area contributed by atoms with E-state index in [2.05, 4.69) is 4.74 Å². The number of esters is 2. The van der Waals surface area contributed by atoms with E-state index in [4.69, 9.17) is 9.47 Å². The highest BCUT2D eigenvalue weighted by atomic mass is 16.5. The molecule has 0 unspecified atom stereocenters. The van der Waals surface area contributed by atoms with Gasteiger partial charge >= 0.3 is 11.9 Å². The number of carbonyl (C=O) groups excluding carboxylic acids is 3. The van der Waals surface area contributed by atoms with Gasteiger partial charge in [-0.05, 0) is 0 Å². The summed E-state index contributed by atoms with van der Waals surface area (Å²) in [6.07, 6.45) is -0.121. The molecule has 1 saturated heterocycles. The first-order valence-electron chi connectivity index (χ1n) is 5.71. The number of rotatable bonds is 5. The van der Waals surface area contributed by atoms with Crippen LogP contribution in [0.2, 0.25) is 0 Å². The number of hydrogen-bond donors (Lipinski definition) is 0. The fraction of sp³-hybridized carbons (Fsp3) is 0.727. The van der Waals surface area contributed by atoms with Gasteiger partial charge in [-0.1, -0.05) is 0 Å². The van der Waals surface area contributed by atoms with E-state index in [0.717, 1.165) is 0 Å². The van der Waals surface area contributed by atoms with Gasteiger partial charge in [0.1, 0.15) is 0 Å². The van der Waals surface area contributed by atoms with Crippen molar-refractivity contribution in [2.24, 2.45) is 0 Å². The molecule has 0 spiro atoms. The Bertz CT molecular complexity index is 311. The van der Waals surface area contributed by atoms with Crippen LogP contribution in [0.15, 0.2) is 0 Å². The average molecular weight is 259 g/mol. The molecule has 0 aromatic carbocycles. The maximum atomic E-state index is 11.6. The van der Waals surface area contributed by atoms with E-state index in [-0.39, 0.29) is 25.4 Å². The predicted octanol–water partition coefficient (Wildman–Crippen LogP) is -0.658. The summed E-state index contributed by atoms with van der Waals surface area (Å²) in [6, 6.07) is 0. The minimum Gasteiger partial charge on any atom is -0.469 e. The van der Waals surface area contributed by atoms with Crippen molar-refractivity contribution in [1.29, 1.82) is 0 Å². The third-order valence-electron chi connectivity index (χ3n) is 2.48. The number of methoxy groups -OCH3 is 1. The molecule has 0 saturated carbocycles. The Balaban J connectivity index is 2.17. The van der Waals surface area contributed by atoms with Crippen molar-refractivity contribution in [3.63, 3.8) is 0 Å². The molecule has 0 aromatic heterocycles. The minimum atomic E-state index is -0.581. The maximum Gasteiger partial charge on any atom is 0.306 e. The fourth-order valence-corrected chi connectivity index (χ4v) is 1.42. The first-order chi connectivity index (χ1) is 8.63. The lowest BCUT2D eigenvalue weighted by Gasteiger charge is -2.26. The number of nitrogens with zero attached hydrogens (tertiary/aromatic N) is 1. The summed E-state index contributed by atoms with van der Waals surface area (Å²) in [5, 5.41) is 0. The lowest BCUT2D eigenvalue weighted by atomic mass is 10.3. The normalized spacial score (nSPS) is 15.1. The summed E-state index contributed by atoms with van der Waals surface area (Å²) in [7, 11) is 1.25. The molecule has 7 heteroatoms. The number of morpholine rings is 1. The standard InChI is InChI=1S/C11H17NO6/c1-16-10(14)2-3-11(15)18-8-9(13)12-4-6-17-7-5-12/h2-8H2,1H3. The molecular formula is C11H17NO6. The van der Waals surface area contributed by atoms with Crippen LogP contribution in [0.3, 0.4) is 0 Å². The van der Waals surface area contributed by atoms with Gasteiger partial charge in [-0.25, -0.2) is 0 Å². The smallest absolute Gasteiger partial charge is 0.306 e. The van der Waals surface area contributed by atoms with Gasteiger partial charge in [-0.15, -0.1) is 0 Å². The highest BCUT2D eigenvalue weighted by Gasteiger charge is 2.18. The lowest BCUT2D eigenvalue weighted by molar-refractivity contribution is -0.155. The monoisotopic (exact) mass is 259 g/mol. The Morgan fingerprint density at radius 2 is 1.72 bits per heavy atom. The topological polar surface area (TPSA) is 82.1 Å². The van der Waals surface area contributed by atoms with Crippen LogP contribution in [0.4, 0.5) is 0 Å². The van der Waals surface area contributed by atoms with Crippen molar-refractivity contribution in [3.05, 3.63) is 0 Å². The second-order valence-corrected chi connectivity index (χ2v) is 3.73. The molecule has 102 valence electrons. The van der Waals surface area contributed by atoms with Crippen LogP contribution < -0.4 is 0 Å². The van der Waals surface area contributed by atoms with Gasteiger partial charge < -0.3 is 19.1 Å². The summed E-state index contributed by atoms with van der Waals surface area (Å²) in [4.78, 5) is 35.2. The van der Waals surface area contributed by atoms with Crippen molar-refractivity contribution in [3.8, 4) is 0 Å². The van der Waals surface area contributed by atoms with E-state index in [9.17, 15) is 14.4 Å². The van der Waals surface area contributed by atoms with Gasteiger partial charge in [-0.3, -0.25) is 14.4 Å². The zero-order valence-corrected chi connectivity index (χ0v) is 10.3. The Labute approximate surface area is 105 Å². The molecule has 0 radical (unpaired) electrons. The van der Waals surface area contributed by atoms with Crippen LogP contribution in [0.5, 0.6) is 0 Å². The lowest BCUT2D eigenvalue weighted by Crippen LogP contribution is -2.42. The Morgan fingerprint density at radius 1 is 1.11 bits per heavy atom. The summed E-state index contributed by atoms with van der Waals surface area (Å²) in [6.45, 7) is 1.74. The van der Waals surface area contributed by atoms with Crippen LogP contribution >= 0.6 is 0 Å². The molecule has 7 nitrogen and oxygen atoms in total. The Kier molecular flexibility index (Phi) is 6.13. The van der Waals surface area contributed by atoms with Crippen molar-refractivity contribution in [2.45, 2.75) is 12.8 Å². The van der Waals surface area contributed by atoms with E-state index < -0.39 is 11.9 Å². The molecular weight excluding hydrogens is 242 g/mol. The molecule has 1 heterocycles. The van der Waals surface area contributed by atoms with E-state index in [0.29, 0.717) is 26.3 Å². The van der Waals surface area contributed by atoms with Gasteiger partial charge in [0.25, 0.3) is 5.91 Å². The summed E-state index contributed by atoms with van der Waals surface area (Å²) in [5.74, 6) is -1.31. The molecule has 1 fully saturated rings. The fourth-order valence-electron chi connectivity index (χ4n) is 1.42. The van der Waals surface area contributed by atoms with Gasteiger partial charge in [0.15, 0.2) is 6.61 Å². The second-order valence-electron chi connectivity index (χ2n) is 3.73. The Morgan fingerprint density at radius 3 is 2.33 bits per heavy atom. The molecule has 0 N–H and O–H groups in total. The molecule has 0 bridgehead atoms. The molecule has 18 heavy (non-hydrogen) atoms. The third kappa shape index (κ3) is 5.13. The number of carbonyl (C=O) groups is 3. The van der Waals surface area contributed by atoms with Crippen LogP contribution in [0.1, 0.15) is 12.8 Å². The van der Waals surface area contributed by atoms with Crippen molar-refractivity contribution < 1.29 is 28.6 Å². The van der Waals surface area contributed by atoms with E-state index >= 15 is 0 Å². The van der Waals surface area contributed by atoms with Gasteiger partial charge in [0.05, 0.1) is 33.2 Å². The van der Waals surface area contributed by atoms with Crippen molar-refractivity contribution >= 4 is 17.8 Å². The number of ether oxygens (including phenoxy) is 3. The van der Waals surface area contributed by atoms with Crippen LogP contribution in [0.25, 0.3) is 0 Å². The predicted molar refractivity (Wildman–Crippen MR) is 59.6 cm³/mol. The van der Waals surface area contributed by atoms with E-state index in [1.165, 1.54) is 7.11 Å². The zero-order chi connectivity index (χ0) is 13.4. The highest BCUT2D eigenvalue weighted by molar-refractivity contribution is 5.82.